The Bertz CT molecular complexity index is 761. The lowest BCUT2D eigenvalue weighted by Gasteiger charge is -2.15. The van der Waals surface area contributed by atoms with Crippen molar-refractivity contribution in [3.63, 3.8) is 0 Å². The Morgan fingerprint density at radius 2 is 1.90 bits per heavy atom. The molecule has 0 atom stereocenters. The molecule has 0 saturated heterocycles. The molecule has 102 valence electrons. The van der Waals surface area contributed by atoms with Crippen LogP contribution in [0.3, 0.4) is 0 Å². The number of fused-ring (bicyclic) bond motifs is 1. The number of nitrogens with two attached hydrogens (primary N) is 1. The summed E-state index contributed by atoms with van der Waals surface area (Å²) in [5.74, 6) is 0.812. The number of aromatic nitrogens is 4. The minimum atomic E-state index is -0.284. The van der Waals surface area contributed by atoms with Gasteiger partial charge in [0.15, 0.2) is 0 Å². The zero-order chi connectivity index (χ0) is 14.3. The van der Waals surface area contributed by atoms with Crippen LogP contribution < -0.4 is 5.73 Å². The second-order valence-electron chi connectivity index (χ2n) is 4.89. The Morgan fingerprint density at radius 3 is 2.55 bits per heavy atom. The number of nitrogens with zero attached hydrogens (tertiary/aromatic N) is 4. The summed E-state index contributed by atoms with van der Waals surface area (Å²) < 4.78 is 14.6. The first kappa shape index (κ1) is 12.5. The third-order valence-electron chi connectivity index (χ3n) is 3.17. The van der Waals surface area contributed by atoms with Crippen molar-refractivity contribution in [2.75, 3.05) is 5.73 Å². The fourth-order valence-electron chi connectivity index (χ4n) is 2.21. The van der Waals surface area contributed by atoms with Gasteiger partial charge < -0.3 is 5.73 Å². The SMILES string of the molecule is CC(C)c1nc2ncnn2c(N)c1-c1ccc(F)cc1. The van der Waals surface area contributed by atoms with Crippen LogP contribution in [-0.2, 0) is 0 Å². The summed E-state index contributed by atoms with van der Waals surface area (Å²) in [5, 5.41) is 4.07. The Balaban J connectivity index is 2.34. The van der Waals surface area contributed by atoms with E-state index in [2.05, 4.69) is 15.1 Å². The third-order valence-corrected chi connectivity index (χ3v) is 3.17. The molecular weight excluding hydrogens is 257 g/mol. The summed E-state index contributed by atoms with van der Waals surface area (Å²) >= 11 is 0. The Kier molecular flexibility index (Phi) is 2.85. The molecule has 2 aromatic heterocycles. The summed E-state index contributed by atoms with van der Waals surface area (Å²) in [6, 6.07) is 6.20. The van der Waals surface area contributed by atoms with Crippen molar-refractivity contribution in [1.82, 2.24) is 19.6 Å². The van der Waals surface area contributed by atoms with Crippen molar-refractivity contribution < 1.29 is 4.39 Å². The average molecular weight is 271 g/mol. The van der Waals surface area contributed by atoms with Crippen LogP contribution in [0.15, 0.2) is 30.6 Å². The smallest absolute Gasteiger partial charge is 0.254 e. The molecule has 2 heterocycles. The normalized spacial score (nSPS) is 11.4. The van der Waals surface area contributed by atoms with Gasteiger partial charge >= 0.3 is 0 Å². The molecule has 0 spiro atoms. The molecule has 0 fully saturated rings. The highest BCUT2D eigenvalue weighted by Gasteiger charge is 2.18. The molecule has 0 aliphatic rings. The van der Waals surface area contributed by atoms with Gasteiger partial charge in [0, 0.05) is 5.56 Å². The maximum absolute atomic E-state index is 13.1. The number of halogens is 1. The van der Waals surface area contributed by atoms with Crippen LogP contribution in [0, 0.1) is 5.82 Å². The molecule has 20 heavy (non-hydrogen) atoms. The first-order valence-corrected chi connectivity index (χ1v) is 6.33. The minimum Gasteiger partial charge on any atom is -0.383 e. The summed E-state index contributed by atoms with van der Waals surface area (Å²) in [4.78, 5) is 8.58. The Labute approximate surface area is 115 Å². The van der Waals surface area contributed by atoms with E-state index in [9.17, 15) is 4.39 Å². The number of hydrogen-bond acceptors (Lipinski definition) is 4. The molecule has 3 rings (SSSR count). The summed E-state index contributed by atoms with van der Waals surface area (Å²) in [5.41, 5.74) is 8.62. The van der Waals surface area contributed by atoms with E-state index in [1.165, 1.54) is 23.0 Å². The number of hydrogen-bond donors (Lipinski definition) is 1. The topological polar surface area (TPSA) is 69.1 Å². The van der Waals surface area contributed by atoms with Gasteiger partial charge in [0.25, 0.3) is 5.78 Å². The fraction of sp³-hybridized carbons (Fsp3) is 0.214. The van der Waals surface area contributed by atoms with Gasteiger partial charge in [-0.15, -0.1) is 0 Å². The van der Waals surface area contributed by atoms with E-state index in [4.69, 9.17) is 5.73 Å². The van der Waals surface area contributed by atoms with Gasteiger partial charge in [0.1, 0.15) is 18.0 Å². The van der Waals surface area contributed by atoms with Gasteiger partial charge in [-0.3, -0.25) is 0 Å². The predicted octanol–water partition coefficient (Wildman–Crippen LogP) is 2.64. The third kappa shape index (κ3) is 1.89. The highest BCUT2D eigenvalue weighted by atomic mass is 19.1. The maximum atomic E-state index is 13.1. The molecule has 5 nitrogen and oxygen atoms in total. The van der Waals surface area contributed by atoms with E-state index in [1.807, 2.05) is 13.8 Å². The van der Waals surface area contributed by atoms with Crippen molar-refractivity contribution in [3.05, 3.63) is 42.1 Å². The van der Waals surface area contributed by atoms with E-state index in [-0.39, 0.29) is 11.7 Å². The highest BCUT2D eigenvalue weighted by molar-refractivity contribution is 5.77. The largest absolute Gasteiger partial charge is 0.383 e. The van der Waals surface area contributed by atoms with Crippen molar-refractivity contribution in [3.8, 4) is 11.1 Å². The fourth-order valence-corrected chi connectivity index (χ4v) is 2.21. The minimum absolute atomic E-state index is 0.166. The van der Waals surface area contributed by atoms with Gasteiger partial charge in [-0.2, -0.15) is 14.6 Å². The van der Waals surface area contributed by atoms with Crippen LogP contribution in [0.25, 0.3) is 16.9 Å². The molecule has 0 saturated carbocycles. The Hall–Kier alpha value is -2.50. The van der Waals surface area contributed by atoms with Crippen LogP contribution in [0.2, 0.25) is 0 Å². The second kappa shape index (κ2) is 4.56. The molecule has 0 aliphatic heterocycles. The highest BCUT2D eigenvalue weighted by Crippen LogP contribution is 2.33. The van der Waals surface area contributed by atoms with Crippen LogP contribution in [-0.4, -0.2) is 19.6 Å². The van der Waals surface area contributed by atoms with Crippen LogP contribution in [0.1, 0.15) is 25.5 Å². The van der Waals surface area contributed by atoms with Gasteiger partial charge in [0.05, 0.1) is 5.69 Å². The molecule has 0 amide bonds. The summed E-state index contributed by atoms with van der Waals surface area (Å²) in [6.07, 6.45) is 1.41. The van der Waals surface area contributed by atoms with Gasteiger partial charge in [-0.1, -0.05) is 26.0 Å². The number of rotatable bonds is 2. The zero-order valence-corrected chi connectivity index (χ0v) is 11.2. The van der Waals surface area contributed by atoms with E-state index >= 15 is 0 Å². The predicted molar refractivity (Wildman–Crippen MR) is 74.7 cm³/mol. The molecule has 3 aromatic rings. The van der Waals surface area contributed by atoms with E-state index in [1.54, 1.807) is 12.1 Å². The standard InChI is InChI=1S/C14H14FN5/c1-8(2)12-11(9-3-5-10(15)6-4-9)13(16)20-14(19-12)17-7-18-20/h3-8H,16H2,1-2H3. The monoisotopic (exact) mass is 271 g/mol. The second-order valence-corrected chi connectivity index (χ2v) is 4.89. The van der Waals surface area contributed by atoms with Crippen molar-refractivity contribution in [2.24, 2.45) is 0 Å². The number of benzene rings is 1. The lowest BCUT2D eigenvalue weighted by molar-refractivity contribution is 0.628. The van der Waals surface area contributed by atoms with Crippen molar-refractivity contribution >= 4 is 11.6 Å². The van der Waals surface area contributed by atoms with Crippen LogP contribution >= 0.6 is 0 Å². The van der Waals surface area contributed by atoms with Gasteiger partial charge in [-0.25, -0.2) is 9.37 Å². The molecule has 0 aliphatic carbocycles. The maximum Gasteiger partial charge on any atom is 0.254 e. The first-order chi connectivity index (χ1) is 9.58. The molecule has 0 unspecified atom stereocenters. The van der Waals surface area contributed by atoms with Crippen molar-refractivity contribution in [2.45, 2.75) is 19.8 Å². The molecule has 0 radical (unpaired) electrons. The lowest BCUT2D eigenvalue weighted by Crippen LogP contribution is -2.08. The number of nitrogen functional groups attached to an aromatic ring is 1. The molecule has 1 aromatic carbocycles. The van der Waals surface area contributed by atoms with Crippen LogP contribution in [0.5, 0.6) is 0 Å². The van der Waals surface area contributed by atoms with Crippen molar-refractivity contribution in [1.29, 1.82) is 0 Å². The first-order valence-electron chi connectivity index (χ1n) is 6.33. The molecule has 6 heteroatoms. The summed E-state index contributed by atoms with van der Waals surface area (Å²) in [6.45, 7) is 4.06. The quantitative estimate of drug-likeness (QED) is 0.778. The molecular formula is C14H14FN5. The van der Waals surface area contributed by atoms with E-state index in [0.29, 0.717) is 11.6 Å². The van der Waals surface area contributed by atoms with Gasteiger partial charge in [-0.05, 0) is 23.6 Å². The van der Waals surface area contributed by atoms with E-state index < -0.39 is 0 Å². The molecule has 2 N–H and O–H groups in total. The molecule has 0 bridgehead atoms. The van der Waals surface area contributed by atoms with E-state index in [0.717, 1.165) is 16.8 Å². The summed E-state index contributed by atoms with van der Waals surface area (Å²) in [7, 11) is 0. The zero-order valence-electron chi connectivity index (χ0n) is 11.2. The Morgan fingerprint density at radius 1 is 1.20 bits per heavy atom. The van der Waals surface area contributed by atoms with Crippen LogP contribution in [0.4, 0.5) is 10.2 Å². The lowest BCUT2D eigenvalue weighted by atomic mass is 9.98. The van der Waals surface area contributed by atoms with Gasteiger partial charge in [0.2, 0.25) is 0 Å². The average Bonchev–Trinajstić information content (AvgIpc) is 2.88. The number of anilines is 1.